The first kappa shape index (κ1) is 24.7. The molecule has 9 heteroatoms. The first-order valence-electron chi connectivity index (χ1n) is 11.2. The van der Waals surface area contributed by atoms with Crippen molar-refractivity contribution in [1.29, 1.82) is 0 Å². The summed E-state index contributed by atoms with van der Waals surface area (Å²) in [4.78, 5) is 26.9. The van der Waals surface area contributed by atoms with Crippen LogP contribution in [0.25, 0.3) is 0 Å². The Morgan fingerprint density at radius 3 is 2.33 bits per heavy atom. The van der Waals surface area contributed by atoms with Gasteiger partial charge in [-0.2, -0.15) is 0 Å². The summed E-state index contributed by atoms with van der Waals surface area (Å²) in [6, 6.07) is 9.22. The van der Waals surface area contributed by atoms with E-state index < -0.39 is 29.3 Å². The Morgan fingerprint density at radius 2 is 1.70 bits per heavy atom. The van der Waals surface area contributed by atoms with Crippen molar-refractivity contribution < 1.29 is 23.8 Å². The quantitative estimate of drug-likeness (QED) is 0.611. The van der Waals surface area contributed by atoms with Crippen LogP contribution in [0.15, 0.2) is 36.5 Å². The minimum absolute atomic E-state index is 0.225. The number of carbonyl (C=O) groups excluding carboxylic acids is 2. The van der Waals surface area contributed by atoms with E-state index >= 15 is 0 Å². The lowest BCUT2D eigenvalue weighted by Crippen LogP contribution is -2.45. The van der Waals surface area contributed by atoms with Gasteiger partial charge in [-0.15, -0.1) is 5.10 Å². The molecule has 1 aliphatic heterocycles. The standard InChI is InChI=1S/C24H34N4O5/c1-23(2,3)32-21(29)20-12-19(15-28(20)22(30)33-24(4,5)6)31-16-18-14-27(26-25-18)13-17-10-8-7-9-11-17/h7-11,14,19-20H,12-13,15-16H2,1-6H3/t19-,20+/m1/s1. The van der Waals surface area contributed by atoms with Crippen LogP contribution in [0, 0.1) is 0 Å². The minimum atomic E-state index is -0.766. The van der Waals surface area contributed by atoms with Gasteiger partial charge in [0.2, 0.25) is 0 Å². The third kappa shape index (κ3) is 7.56. The summed E-state index contributed by atoms with van der Waals surface area (Å²) in [6.45, 7) is 11.8. The highest BCUT2D eigenvalue weighted by Crippen LogP contribution is 2.26. The van der Waals surface area contributed by atoms with Crippen LogP contribution in [-0.4, -0.2) is 61.8 Å². The Morgan fingerprint density at radius 1 is 1.03 bits per heavy atom. The molecule has 0 spiro atoms. The van der Waals surface area contributed by atoms with Gasteiger partial charge < -0.3 is 14.2 Å². The third-order valence-electron chi connectivity index (χ3n) is 4.81. The molecule has 0 radical (unpaired) electrons. The predicted octanol–water partition coefficient (Wildman–Crippen LogP) is 3.56. The summed E-state index contributed by atoms with van der Waals surface area (Å²) >= 11 is 0. The normalized spacial score (nSPS) is 18.9. The van der Waals surface area contributed by atoms with Crippen LogP contribution in [0.1, 0.15) is 59.2 Å². The fourth-order valence-electron chi connectivity index (χ4n) is 3.49. The van der Waals surface area contributed by atoms with E-state index in [1.807, 2.05) is 36.5 Å². The number of nitrogens with zero attached hydrogens (tertiary/aromatic N) is 4. The number of amides is 1. The van der Waals surface area contributed by atoms with Gasteiger partial charge in [-0.05, 0) is 47.1 Å². The highest BCUT2D eigenvalue weighted by molar-refractivity contribution is 5.82. The molecule has 1 aromatic carbocycles. The molecule has 1 saturated heterocycles. The highest BCUT2D eigenvalue weighted by atomic mass is 16.6. The first-order chi connectivity index (χ1) is 15.4. The van der Waals surface area contributed by atoms with Crippen molar-refractivity contribution in [3.8, 4) is 0 Å². The van der Waals surface area contributed by atoms with Gasteiger partial charge in [0, 0.05) is 6.42 Å². The number of hydrogen-bond donors (Lipinski definition) is 0. The second kappa shape index (κ2) is 9.91. The maximum absolute atomic E-state index is 12.8. The third-order valence-corrected chi connectivity index (χ3v) is 4.81. The summed E-state index contributed by atoms with van der Waals surface area (Å²) < 4.78 is 18.8. The van der Waals surface area contributed by atoms with E-state index in [4.69, 9.17) is 14.2 Å². The van der Waals surface area contributed by atoms with E-state index in [-0.39, 0.29) is 19.3 Å². The van der Waals surface area contributed by atoms with Gasteiger partial charge in [0.25, 0.3) is 0 Å². The van der Waals surface area contributed by atoms with Crippen molar-refractivity contribution in [2.75, 3.05) is 6.54 Å². The topological polar surface area (TPSA) is 95.8 Å². The average molecular weight is 459 g/mol. The Labute approximate surface area is 195 Å². The number of rotatable bonds is 6. The number of esters is 1. The van der Waals surface area contributed by atoms with E-state index in [2.05, 4.69) is 10.3 Å². The second-order valence-electron chi connectivity index (χ2n) is 10.2. The van der Waals surface area contributed by atoms with Crippen LogP contribution in [0.2, 0.25) is 0 Å². The van der Waals surface area contributed by atoms with Crippen molar-refractivity contribution >= 4 is 12.1 Å². The van der Waals surface area contributed by atoms with Crippen molar-refractivity contribution in [2.45, 2.75) is 84.5 Å². The fourth-order valence-corrected chi connectivity index (χ4v) is 3.49. The van der Waals surface area contributed by atoms with Gasteiger partial charge in [-0.1, -0.05) is 35.5 Å². The SMILES string of the molecule is CC(C)(C)OC(=O)[C@@H]1C[C@@H](OCc2cn(Cc3ccccc3)nn2)CN1C(=O)OC(C)(C)C. The molecule has 0 N–H and O–H groups in total. The molecule has 9 nitrogen and oxygen atoms in total. The zero-order chi connectivity index (χ0) is 24.2. The van der Waals surface area contributed by atoms with Crippen LogP contribution >= 0.6 is 0 Å². The average Bonchev–Trinajstić information content (AvgIpc) is 3.31. The lowest BCUT2D eigenvalue weighted by atomic mass is 10.1. The van der Waals surface area contributed by atoms with E-state index in [0.717, 1.165) is 5.56 Å². The molecule has 2 heterocycles. The Kier molecular flexibility index (Phi) is 7.41. The smallest absolute Gasteiger partial charge is 0.411 e. The van der Waals surface area contributed by atoms with Crippen LogP contribution in [0.3, 0.4) is 0 Å². The lowest BCUT2D eigenvalue weighted by Gasteiger charge is -2.29. The molecular formula is C24H34N4O5. The molecule has 1 aliphatic rings. The molecule has 0 saturated carbocycles. The zero-order valence-electron chi connectivity index (χ0n) is 20.3. The highest BCUT2D eigenvalue weighted by Gasteiger charge is 2.44. The van der Waals surface area contributed by atoms with E-state index in [0.29, 0.717) is 18.7 Å². The molecule has 0 unspecified atom stereocenters. The predicted molar refractivity (Wildman–Crippen MR) is 121 cm³/mol. The summed E-state index contributed by atoms with van der Waals surface area (Å²) in [7, 11) is 0. The van der Waals surface area contributed by atoms with Gasteiger partial charge in [-0.3, -0.25) is 4.90 Å². The van der Waals surface area contributed by atoms with E-state index in [1.165, 1.54) is 4.90 Å². The van der Waals surface area contributed by atoms with Crippen LogP contribution in [-0.2, 0) is 32.2 Å². The lowest BCUT2D eigenvalue weighted by molar-refractivity contribution is -0.160. The number of likely N-dealkylation sites (tertiary alicyclic amines) is 1. The number of hydrogen-bond acceptors (Lipinski definition) is 7. The zero-order valence-corrected chi connectivity index (χ0v) is 20.3. The Hall–Kier alpha value is -2.94. The number of aromatic nitrogens is 3. The molecule has 2 atom stereocenters. The minimum Gasteiger partial charge on any atom is -0.458 e. The van der Waals surface area contributed by atoms with Crippen LogP contribution < -0.4 is 0 Å². The first-order valence-corrected chi connectivity index (χ1v) is 11.2. The molecule has 3 rings (SSSR count). The second-order valence-corrected chi connectivity index (χ2v) is 10.2. The molecule has 1 aromatic heterocycles. The maximum atomic E-state index is 12.8. The van der Waals surface area contributed by atoms with Crippen molar-refractivity contribution in [2.24, 2.45) is 0 Å². The Bertz CT molecular complexity index is 910. The van der Waals surface area contributed by atoms with E-state index in [9.17, 15) is 9.59 Å². The summed E-state index contributed by atoms with van der Waals surface area (Å²) in [5.74, 6) is -0.465. The van der Waals surface area contributed by atoms with Crippen molar-refractivity contribution in [3.05, 3.63) is 47.8 Å². The fraction of sp³-hybridized carbons (Fsp3) is 0.583. The summed E-state index contributed by atoms with van der Waals surface area (Å²) in [5, 5.41) is 8.32. The molecular weight excluding hydrogens is 424 g/mol. The van der Waals surface area contributed by atoms with Crippen LogP contribution in [0.5, 0.6) is 0 Å². The molecule has 1 amide bonds. The molecule has 2 aromatic rings. The molecule has 0 bridgehead atoms. The molecule has 180 valence electrons. The number of carbonyl (C=O) groups is 2. The van der Waals surface area contributed by atoms with Gasteiger partial charge in [0.15, 0.2) is 0 Å². The Balaban J connectivity index is 1.62. The molecule has 0 aliphatic carbocycles. The molecule has 33 heavy (non-hydrogen) atoms. The van der Waals surface area contributed by atoms with Gasteiger partial charge in [0.1, 0.15) is 22.9 Å². The van der Waals surface area contributed by atoms with Gasteiger partial charge in [0.05, 0.1) is 32.0 Å². The largest absolute Gasteiger partial charge is 0.458 e. The monoisotopic (exact) mass is 458 g/mol. The van der Waals surface area contributed by atoms with Crippen molar-refractivity contribution in [3.63, 3.8) is 0 Å². The van der Waals surface area contributed by atoms with E-state index in [1.54, 1.807) is 46.2 Å². The summed E-state index contributed by atoms with van der Waals surface area (Å²) in [5.41, 5.74) is 0.466. The van der Waals surface area contributed by atoms with Crippen LogP contribution in [0.4, 0.5) is 4.79 Å². The van der Waals surface area contributed by atoms with Crippen molar-refractivity contribution in [1.82, 2.24) is 19.9 Å². The summed E-state index contributed by atoms with van der Waals surface area (Å²) in [6.07, 6.45) is 1.25. The molecule has 1 fully saturated rings. The number of benzene rings is 1. The maximum Gasteiger partial charge on any atom is 0.411 e. The van der Waals surface area contributed by atoms with Gasteiger partial charge >= 0.3 is 12.1 Å². The number of ether oxygens (including phenoxy) is 3. The van der Waals surface area contributed by atoms with Gasteiger partial charge in [-0.25, -0.2) is 14.3 Å².